The second-order valence-electron chi connectivity index (χ2n) is 4.98. The predicted octanol–water partition coefficient (Wildman–Crippen LogP) is 4.21. The molecule has 0 saturated heterocycles. The molecule has 1 N–H and O–H groups in total. The topological polar surface area (TPSA) is 32.3 Å². The van der Waals surface area contributed by atoms with Crippen LogP contribution in [0.5, 0.6) is 0 Å². The number of nitrogens with zero attached hydrogens (tertiary/aromatic N) is 1. The molecule has 0 bridgehead atoms. The standard InChI is InChI=1S/C16H15ClN2O/c1-11-9-16(20)19(13-5-3-2-4-6-13)15-8-7-12(17)10-14(15)18-11/h2-8,10-11,18H,9H2,1H3. The van der Waals surface area contributed by atoms with E-state index in [1.807, 2.05) is 49.4 Å². The van der Waals surface area contributed by atoms with Gasteiger partial charge in [0.05, 0.1) is 11.4 Å². The van der Waals surface area contributed by atoms with Crippen molar-refractivity contribution in [2.24, 2.45) is 0 Å². The molecule has 0 saturated carbocycles. The zero-order valence-electron chi connectivity index (χ0n) is 11.1. The van der Waals surface area contributed by atoms with Crippen molar-refractivity contribution in [3.05, 3.63) is 53.6 Å². The summed E-state index contributed by atoms with van der Waals surface area (Å²) in [6, 6.07) is 15.3. The van der Waals surface area contributed by atoms with Crippen molar-refractivity contribution < 1.29 is 4.79 Å². The van der Waals surface area contributed by atoms with Crippen LogP contribution in [-0.2, 0) is 4.79 Å². The van der Waals surface area contributed by atoms with E-state index in [0.717, 1.165) is 17.1 Å². The molecule has 2 aromatic rings. The third-order valence-electron chi connectivity index (χ3n) is 3.35. The van der Waals surface area contributed by atoms with Gasteiger partial charge in [-0.2, -0.15) is 0 Å². The number of nitrogens with one attached hydrogen (secondary N) is 1. The minimum atomic E-state index is 0.0772. The summed E-state index contributed by atoms with van der Waals surface area (Å²) in [4.78, 5) is 14.3. The lowest BCUT2D eigenvalue weighted by Crippen LogP contribution is -2.27. The average molecular weight is 287 g/mol. The highest BCUT2D eigenvalue weighted by Crippen LogP contribution is 2.37. The fourth-order valence-electron chi connectivity index (χ4n) is 2.48. The molecule has 3 nitrogen and oxygen atoms in total. The highest BCUT2D eigenvalue weighted by Gasteiger charge is 2.26. The third-order valence-corrected chi connectivity index (χ3v) is 3.58. The van der Waals surface area contributed by atoms with Crippen LogP contribution in [-0.4, -0.2) is 11.9 Å². The smallest absolute Gasteiger partial charge is 0.233 e. The predicted molar refractivity (Wildman–Crippen MR) is 82.7 cm³/mol. The van der Waals surface area contributed by atoms with Gasteiger partial charge < -0.3 is 5.32 Å². The second kappa shape index (κ2) is 5.17. The summed E-state index contributed by atoms with van der Waals surface area (Å²) in [7, 11) is 0. The molecule has 4 heteroatoms. The van der Waals surface area contributed by atoms with Crippen LogP contribution in [0, 0.1) is 0 Å². The van der Waals surface area contributed by atoms with E-state index in [1.54, 1.807) is 11.0 Å². The highest BCUT2D eigenvalue weighted by molar-refractivity contribution is 6.31. The van der Waals surface area contributed by atoms with Gasteiger partial charge in [0, 0.05) is 23.2 Å². The highest BCUT2D eigenvalue weighted by atomic mass is 35.5. The Labute approximate surface area is 123 Å². The number of anilines is 3. The SMILES string of the molecule is CC1CC(=O)N(c2ccccc2)c2ccc(Cl)cc2N1. The molecule has 1 aliphatic heterocycles. The summed E-state index contributed by atoms with van der Waals surface area (Å²) in [6.45, 7) is 2.00. The van der Waals surface area contributed by atoms with Crippen LogP contribution in [0.25, 0.3) is 0 Å². The fourth-order valence-corrected chi connectivity index (χ4v) is 2.66. The van der Waals surface area contributed by atoms with Crippen molar-refractivity contribution >= 4 is 34.6 Å². The van der Waals surface area contributed by atoms with E-state index in [9.17, 15) is 4.79 Å². The van der Waals surface area contributed by atoms with E-state index in [1.165, 1.54) is 0 Å². The Morgan fingerprint density at radius 1 is 1.20 bits per heavy atom. The molecule has 1 heterocycles. The first-order chi connectivity index (χ1) is 9.65. The largest absolute Gasteiger partial charge is 0.380 e. The van der Waals surface area contributed by atoms with Gasteiger partial charge in [-0.25, -0.2) is 0 Å². The summed E-state index contributed by atoms with van der Waals surface area (Å²) in [6.07, 6.45) is 0.446. The molecular weight excluding hydrogens is 272 g/mol. The number of hydrogen-bond acceptors (Lipinski definition) is 2. The maximum atomic E-state index is 12.5. The summed E-state index contributed by atoms with van der Waals surface area (Å²) < 4.78 is 0. The normalized spacial score (nSPS) is 18.2. The molecule has 0 radical (unpaired) electrons. The number of hydrogen-bond donors (Lipinski definition) is 1. The van der Waals surface area contributed by atoms with Gasteiger partial charge in [-0.15, -0.1) is 0 Å². The molecular formula is C16H15ClN2O. The molecule has 0 spiro atoms. The van der Waals surface area contributed by atoms with Crippen molar-refractivity contribution in [2.75, 3.05) is 10.2 Å². The van der Waals surface area contributed by atoms with Gasteiger partial charge in [-0.1, -0.05) is 29.8 Å². The van der Waals surface area contributed by atoms with Crippen molar-refractivity contribution in [2.45, 2.75) is 19.4 Å². The van der Waals surface area contributed by atoms with Crippen molar-refractivity contribution in [1.82, 2.24) is 0 Å². The lowest BCUT2D eigenvalue weighted by molar-refractivity contribution is -0.117. The Morgan fingerprint density at radius 3 is 2.70 bits per heavy atom. The zero-order chi connectivity index (χ0) is 14.1. The van der Waals surface area contributed by atoms with Crippen LogP contribution in [0.3, 0.4) is 0 Å². The van der Waals surface area contributed by atoms with Crippen LogP contribution < -0.4 is 10.2 Å². The second-order valence-corrected chi connectivity index (χ2v) is 5.41. The number of fused-ring (bicyclic) bond motifs is 1. The molecule has 1 atom stereocenters. The minimum Gasteiger partial charge on any atom is -0.380 e. The van der Waals surface area contributed by atoms with Crippen molar-refractivity contribution in [1.29, 1.82) is 0 Å². The summed E-state index contributed by atoms with van der Waals surface area (Å²) >= 11 is 6.06. The van der Waals surface area contributed by atoms with E-state index in [-0.39, 0.29) is 11.9 Å². The number of carbonyl (C=O) groups is 1. The summed E-state index contributed by atoms with van der Waals surface area (Å²) in [5.41, 5.74) is 2.60. The number of amides is 1. The van der Waals surface area contributed by atoms with E-state index in [4.69, 9.17) is 11.6 Å². The van der Waals surface area contributed by atoms with Gasteiger partial charge in [0.25, 0.3) is 0 Å². The average Bonchev–Trinajstić information content (AvgIpc) is 2.54. The van der Waals surface area contributed by atoms with Crippen LogP contribution in [0.4, 0.5) is 17.1 Å². The first kappa shape index (κ1) is 13.0. The molecule has 0 aliphatic carbocycles. The molecule has 3 rings (SSSR count). The van der Waals surface area contributed by atoms with Gasteiger partial charge in [-0.3, -0.25) is 9.69 Å². The maximum absolute atomic E-state index is 12.5. The van der Waals surface area contributed by atoms with E-state index in [0.29, 0.717) is 11.4 Å². The molecule has 102 valence electrons. The first-order valence-electron chi connectivity index (χ1n) is 6.59. The summed E-state index contributed by atoms with van der Waals surface area (Å²) in [5.74, 6) is 0.0808. The van der Waals surface area contributed by atoms with E-state index < -0.39 is 0 Å². The van der Waals surface area contributed by atoms with Crippen LogP contribution in [0.1, 0.15) is 13.3 Å². The van der Waals surface area contributed by atoms with Crippen molar-refractivity contribution in [3.8, 4) is 0 Å². The Morgan fingerprint density at radius 2 is 1.95 bits per heavy atom. The molecule has 1 amide bonds. The molecule has 2 aromatic carbocycles. The van der Waals surface area contributed by atoms with Crippen LogP contribution in [0.2, 0.25) is 5.02 Å². The Balaban J connectivity index is 2.16. The number of halogens is 1. The Kier molecular flexibility index (Phi) is 3.36. The molecule has 1 unspecified atom stereocenters. The first-order valence-corrected chi connectivity index (χ1v) is 6.97. The fraction of sp³-hybridized carbons (Fsp3) is 0.188. The van der Waals surface area contributed by atoms with Crippen LogP contribution in [0.15, 0.2) is 48.5 Å². The van der Waals surface area contributed by atoms with Gasteiger partial charge in [-0.05, 0) is 37.3 Å². The van der Waals surface area contributed by atoms with E-state index in [2.05, 4.69) is 5.32 Å². The monoisotopic (exact) mass is 286 g/mol. The van der Waals surface area contributed by atoms with Gasteiger partial charge in [0.2, 0.25) is 5.91 Å². The Hall–Kier alpha value is -2.00. The lowest BCUT2D eigenvalue weighted by Gasteiger charge is -2.22. The molecule has 0 aromatic heterocycles. The number of rotatable bonds is 1. The maximum Gasteiger partial charge on any atom is 0.233 e. The van der Waals surface area contributed by atoms with Crippen LogP contribution >= 0.6 is 11.6 Å². The number of carbonyl (C=O) groups excluding carboxylic acids is 1. The molecule has 20 heavy (non-hydrogen) atoms. The summed E-state index contributed by atoms with van der Waals surface area (Å²) in [5, 5.41) is 4.00. The minimum absolute atomic E-state index is 0.0772. The third kappa shape index (κ3) is 2.37. The van der Waals surface area contributed by atoms with Crippen molar-refractivity contribution in [3.63, 3.8) is 0 Å². The Bertz CT molecular complexity index is 642. The quantitative estimate of drug-likeness (QED) is 0.852. The van der Waals surface area contributed by atoms with Gasteiger partial charge >= 0.3 is 0 Å². The van der Waals surface area contributed by atoms with Gasteiger partial charge in [0.15, 0.2) is 0 Å². The van der Waals surface area contributed by atoms with E-state index >= 15 is 0 Å². The number of para-hydroxylation sites is 1. The van der Waals surface area contributed by atoms with Gasteiger partial charge in [0.1, 0.15) is 0 Å². The molecule has 1 aliphatic rings. The zero-order valence-corrected chi connectivity index (χ0v) is 11.9. The lowest BCUT2D eigenvalue weighted by atomic mass is 10.2. The number of benzene rings is 2. The molecule has 0 fully saturated rings.